The van der Waals surface area contributed by atoms with E-state index in [0.29, 0.717) is 10.6 Å². The molecule has 4 aromatic rings. The van der Waals surface area contributed by atoms with E-state index in [-0.39, 0.29) is 10.4 Å². The van der Waals surface area contributed by atoms with Gasteiger partial charge in [0, 0.05) is 33.3 Å². The van der Waals surface area contributed by atoms with Crippen molar-refractivity contribution in [3.63, 3.8) is 0 Å². The number of anilines is 1. The Morgan fingerprint density at radius 3 is 2.68 bits per heavy atom. The highest BCUT2D eigenvalue weighted by atomic mass is 35.5. The van der Waals surface area contributed by atoms with Gasteiger partial charge in [-0.05, 0) is 24.3 Å². The third kappa shape index (κ3) is 3.54. The normalized spacial score (nSPS) is 10.8. The van der Waals surface area contributed by atoms with Crippen molar-refractivity contribution in [2.45, 2.75) is 0 Å². The molecule has 0 atom stereocenters. The van der Waals surface area contributed by atoms with E-state index in [1.54, 1.807) is 24.4 Å². The average Bonchev–Trinajstić information content (AvgIpc) is 3.39. The van der Waals surface area contributed by atoms with Crippen molar-refractivity contribution < 1.29 is 13.6 Å². The van der Waals surface area contributed by atoms with Crippen LogP contribution in [0.1, 0.15) is 9.67 Å². The lowest BCUT2D eigenvalue weighted by Crippen LogP contribution is -2.13. The molecule has 0 saturated carbocycles. The van der Waals surface area contributed by atoms with E-state index >= 15 is 4.39 Å². The summed E-state index contributed by atoms with van der Waals surface area (Å²) in [6.45, 7) is 0. The average molecular weight is 434 g/mol. The van der Waals surface area contributed by atoms with Crippen molar-refractivity contribution >= 4 is 45.9 Å². The van der Waals surface area contributed by atoms with Gasteiger partial charge in [0.2, 0.25) is 0 Å². The van der Waals surface area contributed by atoms with Crippen LogP contribution in [0.3, 0.4) is 0 Å². The molecule has 4 rings (SSSR count). The standard InChI is InChI=1S/C19H10ClF2N3OS2/c20-13-3-1-10(19-24-5-6-27-19)7-12(13)11-2-4-14(21)17(16(11)22)25-18(26)15-8-23-9-28-15/h1-9H,(H,25,26). The Balaban J connectivity index is 1.77. The molecule has 0 aliphatic heterocycles. The molecular formula is C19H10ClF2N3OS2. The van der Waals surface area contributed by atoms with Gasteiger partial charge in [-0.25, -0.2) is 13.8 Å². The van der Waals surface area contributed by atoms with E-state index in [9.17, 15) is 9.18 Å². The van der Waals surface area contributed by atoms with E-state index in [1.807, 2.05) is 5.38 Å². The molecule has 0 unspecified atom stereocenters. The van der Waals surface area contributed by atoms with E-state index < -0.39 is 23.2 Å². The summed E-state index contributed by atoms with van der Waals surface area (Å²) in [5, 5.41) is 5.16. The minimum absolute atomic E-state index is 0.0735. The van der Waals surface area contributed by atoms with Crippen LogP contribution in [0.4, 0.5) is 14.5 Å². The number of benzene rings is 2. The second-order valence-corrected chi connectivity index (χ2v) is 7.82. The molecule has 0 fully saturated rings. The first-order valence-corrected chi connectivity index (χ1v) is 10.1. The van der Waals surface area contributed by atoms with Gasteiger partial charge in [0.15, 0.2) is 5.82 Å². The Bertz CT molecular complexity index is 1150. The van der Waals surface area contributed by atoms with Crippen LogP contribution in [-0.4, -0.2) is 15.9 Å². The number of nitrogens with zero attached hydrogens (tertiary/aromatic N) is 2. The summed E-state index contributed by atoms with van der Waals surface area (Å²) in [6.07, 6.45) is 2.99. The number of nitrogens with one attached hydrogen (secondary N) is 1. The Morgan fingerprint density at radius 1 is 1.11 bits per heavy atom. The van der Waals surface area contributed by atoms with Crippen LogP contribution in [0, 0.1) is 11.6 Å². The molecule has 0 radical (unpaired) electrons. The highest BCUT2D eigenvalue weighted by molar-refractivity contribution is 7.13. The fraction of sp³-hybridized carbons (Fsp3) is 0. The van der Waals surface area contributed by atoms with Gasteiger partial charge in [-0.2, -0.15) is 0 Å². The molecule has 4 nitrogen and oxygen atoms in total. The van der Waals surface area contributed by atoms with Gasteiger partial charge >= 0.3 is 0 Å². The van der Waals surface area contributed by atoms with Gasteiger partial charge in [0.05, 0.1) is 11.7 Å². The summed E-state index contributed by atoms with van der Waals surface area (Å²) in [5.74, 6) is -2.43. The van der Waals surface area contributed by atoms with Gasteiger partial charge in [0.25, 0.3) is 5.91 Å². The number of hydrogen-bond donors (Lipinski definition) is 1. The van der Waals surface area contributed by atoms with Crippen LogP contribution in [-0.2, 0) is 0 Å². The molecule has 0 aliphatic carbocycles. The summed E-state index contributed by atoms with van der Waals surface area (Å²) in [5.41, 5.74) is 2.13. The Kier molecular flexibility index (Phi) is 5.17. The summed E-state index contributed by atoms with van der Waals surface area (Å²) in [7, 11) is 0. The first-order valence-electron chi connectivity index (χ1n) is 7.92. The van der Waals surface area contributed by atoms with Crippen LogP contribution >= 0.6 is 34.3 Å². The lowest BCUT2D eigenvalue weighted by atomic mass is 10.0. The molecule has 0 saturated heterocycles. The summed E-state index contributed by atoms with van der Waals surface area (Å²) in [6, 6.07) is 7.48. The third-order valence-corrected chi connectivity index (χ3v) is 5.85. The maximum absolute atomic E-state index is 15.1. The van der Waals surface area contributed by atoms with Gasteiger partial charge in [-0.3, -0.25) is 9.78 Å². The van der Waals surface area contributed by atoms with Crippen LogP contribution in [0.25, 0.3) is 21.7 Å². The molecule has 0 spiro atoms. The highest BCUT2D eigenvalue weighted by Crippen LogP contribution is 2.37. The zero-order valence-corrected chi connectivity index (χ0v) is 16.3. The van der Waals surface area contributed by atoms with Crippen LogP contribution in [0.2, 0.25) is 5.02 Å². The van der Waals surface area contributed by atoms with E-state index in [0.717, 1.165) is 28.0 Å². The Morgan fingerprint density at radius 2 is 1.96 bits per heavy atom. The molecule has 1 N–H and O–H groups in total. The van der Waals surface area contributed by atoms with Crippen LogP contribution < -0.4 is 5.32 Å². The van der Waals surface area contributed by atoms with E-state index in [2.05, 4.69) is 15.3 Å². The van der Waals surface area contributed by atoms with Crippen molar-refractivity contribution in [2.24, 2.45) is 0 Å². The summed E-state index contributed by atoms with van der Waals surface area (Å²) < 4.78 is 29.4. The number of thiazole rings is 2. The SMILES string of the molecule is O=C(Nc1c(F)ccc(-c2cc(-c3nccs3)ccc2Cl)c1F)c1cncs1. The number of hydrogen-bond acceptors (Lipinski definition) is 5. The second-order valence-electron chi connectivity index (χ2n) is 5.64. The fourth-order valence-corrected chi connectivity index (χ4v) is 3.98. The van der Waals surface area contributed by atoms with Crippen molar-refractivity contribution in [3.8, 4) is 21.7 Å². The monoisotopic (exact) mass is 433 g/mol. The summed E-state index contributed by atoms with van der Waals surface area (Å²) >= 11 is 8.78. The smallest absolute Gasteiger partial charge is 0.267 e. The zero-order valence-electron chi connectivity index (χ0n) is 13.9. The first kappa shape index (κ1) is 18.7. The number of aromatic nitrogens is 2. The molecule has 0 aliphatic rings. The number of halogens is 3. The van der Waals surface area contributed by atoms with Crippen molar-refractivity contribution in [1.29, 1.82) is 0 Å². The largest absolute Gasteiger partial charge is 0.316 e. The molecule has 0 bridgehead atoms. The minimum Gasteiger partial charge on any atom is -0.316 e. The molecule has 9 heteroatoms. The zero-order chi connectivity index (χ0) is 19.7. The lowest BCUT2D eigenvalue weighted by molar-refractivity contribution is 0.102. The number of amides is 1. The topological polar surface area (TPSA) is 54.9 Å². The van der Waals surface area contributed by atoms with Gasteiger partial charge in [-0.15, -0.1) is 22.7 Å². The van der Waals surface area contributed by atoms with Gasteiger partial charge in [0.1, 0.15) is 21.4 Å². The fourth-order valence-electron chi connectivity index (χ4n) is 2.61. The Hall–Kier alpha value is -2.68. The number of rotatable bonds is 4. The van der Waals surface area contributed by atoms with Crippen molar-refractivity contribution in [3.05, 3.63) is 75.2 Å². The lowest BCUT2D eigenvalue weighted by Gasteiger charge is -2.12. The minimum atomic E-state index is -0.906. The maximum Gasteiger partial charge on any atom is 0.267 e. The molecular weight excluding hydrogens is 424 g/mol. The quantitative estimate of drug-likeness (QED) is 0.422. The van der Waals surface area contributed by atoms with Crippen molar-refractivity contribution in [2.75, 3.05) is 5.32 Å². The second kappa shape index (κ2) is 7.75. The number of carbonyl (C=O) groups excluding carboxylic acids is 1. The predicted octanol–water partition coefficient (Wildman–Crippen LogP) is 6.12. The molecule has 2 aromatic heterocycles. The predicted molar refractivity (Wildman–Crippen MR) is 108 cm³/mol. The molecule has 140 valence electrons. The molecule has 1 amide bonds. The highest BCUT2D eigenvalue weighted by Gasteiger charge is 2.20. The van der Waals surface area contributed by atoms with Crippen LogP contribution in [0.5, 0.6) is 0 Å². The van der Waals surface area contributed by atoms with Crippen LogP contribution in [0.15, 0.2) is 53.6 Å². The van der Waals surface area contributed by atoms with Gasteiger partial charge in [-0.1, -0.05) is 17.7 Å². The molecule has 2 heterocycles. The third-order valence-electron chi connectivity index (χ3n) is 3.92. The molecule has 28 heavy (non-hydrogen) atoms. The summed E-state index contributed by atoms with van der Waals surface area (Å²) in [4.78, 5) is 20.5. The Labute approximate surface area is 171 Å². The van der Waals surface area contributed by atoms with E-state index in [4.69, 9.17) is 11.6 Å². The number of carbonyl (C=O) groups is 1. The maximum atomic E-state index is 15.1. The van der Waals surface area contributed by atoms with E-state index in [1.165, 1.54) is 29.1 Å². The molecule has 2 aromatic carbocycles. The van der Waals surface area contributed by atoms with Crippen molar-refractivity contribution in [1.82, 2.24) is 9.97 Å². The first-order chi connectivity index (χ1) is 13.5. The van der Waals surface area contributed by atoms with Gasteiger partial charge < -0.3 is 5.32 Å².